The number of carbonyl (C=O) groups is 3. The molecule has 2 rings (SSSR count). The third-order valence-corrected chi connectivity index (χ3v) is 4.31. The Morgan fingerprint density at radius 2 is 1.46 bits per heavy atom. The summed E-state index contributed by atoms with van der Waals surface area (Å²) in [5.41, 5.74) is 3.43. The zero-order valence-corrected chi connectivity index (χ0v) is 17.5. The highest BCUT2D eigenvalue weighted by Crippen LogP contribution is 2.15. The Morgan fingerprint density at radius 1 is 0.857 bits per heavy atom. The van der Waals surface area contributed by atoms with E-state index in [4.69, 9.17) is 4.74 Å². The van der Waals surface area contributed by atoms with Gasteiger partial charge in [-0.15, -0.1) is 0 Å². The number of rotatable bonds is 8. The molecule has 0 radical (unpaired) electrons. The summed E-state index contributed by atoms with van der Waals surface area (Å²) < 4.78 is 5.89. The van der Waals surface area contributed by atoms with Crippen molar-refractivity contribution in [1.82, 2.24) is 0 Å². The Labute approximate surface area is 172 Å². The molecule has 0 aliphatic carbocycles. The molecule has 28 heavy (non-hydrogen) atoms. The van der Waals surface area contributed by atoms with Crippen molar-refractivity contribution >= 4 is 45.1 Å². The van der Waals surface area contributed by atoms with Gasteiger partial charge in [-0.25, -0.2) is 0 Å². The van der Waals surface area contributed by atoms with Gasteiger partial charge in [-0.2, -0.15) is 0 Å². The van der Waals surface area contributed by atoms with Crippen molar-refractivity contribution in [2.75, 3.05) is 17.2 Å². The predicted molar refractivity (Wildman–Crippen MR) is 112 cm³/mol. The first-order valence-electron chi connectivity index (χ1n) is 8.91. The second-order valence-electron chi connectivity index (χ2n) is 6.49. The third kappa shape index (κ3) is 7.92. The van der Waals surface area contributed by atoms with Gasteiger partial charge in [0.05, 0.1) is 0 Å². The summed E-state index contributed by atoms with van der Waals surface area (Å²) in [7, 11) is 0. The van der Waals surface area contributed by atoms with Crippen molar-refractivity contribution in [3.63, 3.8) is 0 Å². The average Bonchev–Trinajstić information content (AvgIpc) is 2.61. The molecule has 2 amide bonds. The highest BCUT2D eigenvalue weighted by Gasteiger charge is 2.10. The van der Waals surface area contributed by atoms with Gasteiger partial charge in [-0.3, -0.25) is 14.4 Å². The Balaban J connectivity index is 1.64. The lowest BCUT2D eigenvalue weighted by Gasteiger charge is -2.08. The van der Waals surface area contributed by atoms with Crippen LogP contribution >= 0.6 is 15.9 Å². The second kappa shape index (κ2) is 10.6. The lowest BCUT2D eigenvalue weighted by molar-refractivity contribution is -0.147. The van der Waals surface area contributed by atoms with Crippen LogP contribution in [0.15, 0.2) is 46.9 Å². The topological polar surface area (TPSA) is 84.5 Å². The number of nitrogens with one attached hydrogen (secondary N) is 2. The summed E-state index contributed by atoms with van der Waals surface area (Å²) in [6, 6.07) is 12.9. The van der Waals surface area contributed by atoms with Gasteiger partial charge >= 0.3 is 5.97 Å². The SMILES string of the molecule is Cc1cc(C)cc(NC(=O)COC(=O)CCCC(=O)Nc2ccc(Br)cc2)c1. The second-order valence-corrected chi connectivity index (χ2v) is 7.41. The molecular weight excluding hydrogens is 424 g/mol. The molecule has 0 heterocycles. The van der Waals surface area contributed by atoms with Crippen molar-refractivity contribution in [3.05, 3.63) is 58.1 Å². The molecule has 2 aromatic carbocycles. The van der Waals surface area contributed by atoms with Gasteiger partial charge in [0, 0.05) is 28.7 Å². The van der Waals surface area contributed by atoms with E-state index in [1.165, 1.54) is 0 Å². The molecule has 2 aromatic rings. The minimum atomic E-state index is -0.507. The standard InChI is InChI=1S/C21H23BrN2O4/c1-14-10-15(2)12-18(11-14)24-20(26)13-28-21(27)5-3-4-19(25)23-17-8-6-16(22)7-9-17/h6-12H,3-5,13H2,1-2H3,(H,23,25)(H,24,26). The number of aryl methyl sites for hydroxylation is 2. The van der Waals surface area contributed by atoms with E-state index in [2.05, 4.69) is 26.6 Å². The number of hydrogen-bond donors (Lipinski definition) is 2. The van der Waals surface area contributed by atoms with E-state index in [-0.39, 0.29) is 25.4 Å². The minimum absolute atomic E-state index is 0.0740. The van der Waals surface area contributed by atoms with E-state index in [1.54, 1.807) is 12.1 Å². The van der Waals surface area contributed by atoms with E-state index in [0.717, 1.165) is 15.6 Å². The van der Waals surface area contributed by atoms with Crippen LogP contribution in [0.4, 0.5) is 11.4 Å². The van der Waals surface area contributed by atoms with Crippen molar-refractivity contribution < 1.29 is 19.1 Å². The van der Waals surface area contributed by atoms with Gasteiger partial charge in [-0.05, 0) is 67.8 Å². The van der Waals surface area contributed by atoms with Gasteiger partial charge in [0.25, 0.3) is 5.91 Å². The first kappa shape index (κ1) is 21.6. The van der Waals surface area contributed by atoms with Crippen molar-refractivity contribution in [2.45, 2.75) is 33.1 Å². The van der Waals surface area contributed by atoms with Crippen molar-refractivity contribution in [1.29, 1.82) is 0 Å². The summed E-state index contributed by atoms with van der Waals surface area (Å²) in [5.74, 6) is -1.08. The zero-order chi connectivity index (χ0) is 20.5. The maximum Gasteiger partial charge on any atom is 0.306 e. The van der Waals surface area contributed by atoms with Crippen molar-refractivity contribution in [2.24, 2.45) is 0 Å². The van der Waals surface area contributed by atoms with Gasteiger partial charge in [0.2, 0.25) is 5.91 Å². The van der Waals surface area contributed by atoms with Gasteiger partial charge < -0.3 is 15.4 Å². The van der Waals surface area contributed by atoms with Crippen molar-refractivity contribution in [3.8, 4) is 0 Å². The number of amides is 2. The number of benzene rings is 2. The summed E-state index contributed by atoms with van der Waals surface area (Å²) in [6.45, 7) is 3.53. The molecule has 0 aromatic heterocycles. The molecule has 0 atom stereocenters. The number of carbonyl (C=O) groups excluding carboxylic acids is 3. The smallest absolute Gasteiger partial charge is 0.306 e. The molecule has 0 spiro atoms. The molecule has 2 N–H and O–H groups in total. The molecule has 0 aliphatic rings. The first-order valence-corrected chi connectivity index (χ1v) is 9.70. The average molecular weight is 447 g/mol. The first-order chi connectivity index (χ1) is 13.3. The molecule has 0 saturated heterocycles. The van der Waals surface area contributed by atoms with E-state index in [9.17, 15) is 14.4 Å². The lowest BCUT2D eigenvalue weighted by Crippen LogP contribution is -2.21. The van der Waals surface area contributed by atoms with Gasteiger partial charge in [0.15, 0.2) is 6.61 Å². The Kier molecular flexibility index (Phi) is 8.19. The molecule has 0 saturated carbocycles. The lowest BCUT2D eigenvalue weighted by atomic mass is 10.1. The number of ether oxygens (including phenoxy) is 1. The number of esters is 1. The highest BCUT2D eigenvalue weighted by molar-refractivity contribution is 9.10. The van der Waals surface area contributed by atoms with E-state index >= 15 is 0 Å². The maximum atomic E-state index is 11.9. The monoisotopic (exact) mass is 446 g/mol. The largest absolute Gasteiger partial charge is 0.456 e. The maximum absolute atomic E-state index is 11.9. The fraction of sp³-hybridized carbons (Fsp3) is 0.286. The van der Waals surface area contributed by atoms with Gasteiger partial charge in [0.1, 0.15) is 0 Å². The Morgan fingerprint density at radius 3 is 2.11 bits per heavy atom. The van der Waals surface area contributed by atoms with Gasteiger partial charge in [-0.1, -0.05) is 22.0 Å². The van der Waals surface area contributed by atoms with E-state index in [1.807, 2.05) is 44.2 Å². The number of halogens is 1. The summed E-state index contributed by atoms with van der Waals surface area (Å²) >= 11 is 3.33. The summed E-state index contributed by atoms with van der Waals surface area (Å²) in [6.07, 6.45) is 0.615. The third-order valence-electron chi connectivity index (χ3n) is 3.78. The Hall–Kier alpha value is -2.67. The number of hydrogen-bond acceptors (Lipinski definition) is 4. The molecule has 6 nitrogen and oxygen atoms in total. The van der Waals surface area contributed by atoms with E-state index in [0.29, 0.717) is 17.8 Å². The zero-order valence-electron chi connectivity index (χ0n) is 15.9. The summed E-state index contributed by atoms with van der Waals surface area (Å²) in [4.78, 5) is 35.5. The summed E-state index contributed by atoms with van der Waals surface area (Å²) in [5, 5.41) is 5.45. The molecule has 0 unspecified atom stereocenters. The fourth-order valence-corrected chi connectivity index (χ4v) is 2.88. The molecule has 7 heteroatoms. The van der Waals surface area contributed by atoms with Crippen LogP contribution in [0, 0.1) is 13.8 Å². The van der Waals surface area contributed by atoms with Crippen LogP contribution in [-0.4, -0.2) is 24.4 Å². The highest BCUT2D eigenvalue weighted by atomic mass is 79.9. The van der Waals surface area contributed by atoms with Crippen LogP contribution < -0.4 is 10.6 Å². The molecule has 0 aliphatic heterocycles. The van der Waals surface area contributed by atoms with Crippen LogP contribution in [0.1, 0.15) is 30.4 Å². The van der Waals surface area contributed by atoms with Crippen LogP contribution in [0.2, 0.25) is 0 Å². The Bertz CT molecular complexity index is 830. The molecular formula is C21H23BrN2O4. The minimum Gasteiger partial charge on any atom is -0.456 e. The van der Waals surface area contributed by atoms with Crippen LogP contribution in [0.3, 0.4) is 0 Å². The normalized spacial score (nSPS) is 10.2. The predicted octanol–water partition coefficient (Wildman–Crippen LogP) is 4.36. The molecule has 148 valence electrons. The van der Waals surface area contributed by atoms with Crippen LogP contribution in [0.25, 0.3) is 0 Å². The van der Waals surface area contributed by atoms with Crippen LogP contribution in [-0.2, 0) is 19.1 Å². The fourth-order valence-electron chi connectivity index (χ4n) is 2.61. The quantitative estimate of drug-likeness (QED) is 0.590. The van der Waals surface area contributed by atoms with Crippen LogP contribution in [0.5, 0.6) is 0 Å². The molecule has 0 bridgehead atoms. The molecule has 0 fully saturated rings. The number of anilines is 2. The van der Waals surface area contributed by atoms with E-state index < -0.39 is 11.9 Å².